The fourth-order valence-electron chi connectivity index (χ4n) is 7.33. The van der Waals surface area contributed by atoms with E-state index in [4.69, 9.17) is 9.47 Å². The highest BCUT2D eigenvalue weighted by atomic mass is 16.5. The Bertz CT molecular complexity index is 770. The SMILES string of the molecule is CCC(=O)OC1CC2(C)C(=CC1=O)CCC1C2CCC2(C)C(OC(=O)CC)CCC12. The smallest absolute Gasteiger partial charge is 0.306 e. The zero-order valence-electron chi connectivity index (χ0n) is 18.9. The van der Waals surface area contributed by atoms with Crippen LogP contribution in [-0.4, -0.2) is 29.9 Å². The third-order valence-electron chi connectivity index (χ3n) is 9.02. The van der Waals surface area contributed by atoms with Crippen LogP contribution in [0.1, 0.15) is 85.5 Å². The van der Waals surface area contributed by atoms with Crippen LogP contribution in [0.4, 0.5) is 0 Å². The third-order valence-corrected chi connectivity index (χ3v) is 9.02. The van der Waals surface area contributed by atoms with Crippen LogP contribution in [0.15, 0.2) is 11.6 Å². The molecule has 0 spiro atoms. The third kappa shape index (κ3) is 3.33. The Labute approximate surface area is 179 Å². The van der Waals surface area contributed by atoms with Gasteiger partial charge in [0.05, 0.1) is 0 Å². The number of ketones is 1. The van der Waals surface area contributed by atoms with Gasteiger partial charge in [-0.25, -0.2) is 0 Å². The zero-order chi connectivity index (χ0) is 21.7. The summed E-state index contributed by atoms with van der Waals surface area (Å²) in [6, 6.07) is 0. The molecule has 30 heavy (non-hydrogen) atoms. The first-order chi connectivity index (χ1) is 14.2. The molecule has 0 heterocycles. The average Bonchev–Trinajstić information content (AvgIpc) is 3.05. The normalized spacial score (nSPS) is 42.5. The van der Waals surface area contributed by atoms with Gasteiger partial charge in [0.1, 0.15) is 6.10 Å². The van der Waals surface area contributed by atoms with Crippen molar-refractivity contribution in [2.24, 2.45) is 28.6 Å². The molecule has 4 aliphatic carbocycles. The van der Waals surface area contributed by atoms with Crippen molar-refractivity contribution < 1.29 is 23.9 Å². The Morgan fingerprint density at radius 3 is 2.40 bits per heavy atom. The summed E-state index contributed by atoms with van der Waals surface area (Å²) in [4.78, 5) is 36.5. The molecule has 0 aromatic carbocycles. The monoisotopic (exact) mass is 416 g/mol. The lowest BCUT2D eigenvalue weighted by atomic mass is 9.47. The van der Waals surface area contributed by atoms with E-state index in [1.165, 1.54) is 5.57 Å². The van der Waals surface area contributed by atoms with Gasteiger partial charge in [-0.1, -0.05) is 33.3 Å². The largest absolute Gasteiger partial charge is 0.462 e. The fraction of sp³-hybridized carbons (Fsp3) is 0.800. The Morgan fingerprint density at radius 2 is 1.70 bits per heavy atom. The summed E-state index contributed by atoms with van der Waals surface area (Å²) in [5.74, 6) is 1.19. The highest BCUT2D eigenvalue weighted by Crippen LogP contribution is 2.65. The number of fused-ring (bicyclic) bond motifs is 5. The second-order valence-electron chi connectivity index (χ2n) is 10.4. The molecule has 0 N–H and O–H groups in total. The van der Waals surface area contributed by atoms with Crippen LogP contribution < -0.4 is 0 Å². The molecule has 3 saturated carbocycles. The van der Waals surface area contributed by atoms with E-state index >= 15 is 0 Å². The first-order valence-electron chi connectivity index (χ1n) is 11.9. The Kier molecular flexibility index (Phi) is 5.61. The van der Waals surface area contributed by atoms with E-state index in [0.29, 0.717) is 37.0 Å². The van der Waals surface area contributed by atoms with Crippen LogP contribution in [0.3, 0.4) is 0 Å². The number of ether oxygens (including phenoxy) is 2. The summed E-state index contributed by atoms with van der Waals surface area (Å²) >= 11 is 0. The molecule has 0 radical (unpaired) electrons. The standard InChI is InChI=1S/C25H36O5/c1-5-22(27)29-20-14-25(4)15(13-19(20)26)7-8-16-17-9-10-21(30-23(28)6-2)24(17,3)12-11-18(16)25/h13,16-18,20-21H,5-12,14H2,1-4H3. The minimum Gasteiger partial charge on any atom is -0.462 e. The van der Waals surface area contributed by atoms with Crippen molar-refractivity contribution in [2.45, 2.75) is 97.7 Å². The van der Waals surface area contributed by atoms with Crippen molar-refractivity contribution in [1.29, 1.82) is 0 Å². The molecule has 4 rings (SSSR count). The number of carbonyl (C=O) groups is 3. The minimum atomic E-state index is -0.639. The van der Waals surface area contributed by atoms with Crippen LogP contribution in [0.2, 0.25) is 0 Å². The molecule has 7 unspecified atom stereocenters. The van der Waals surface area contributed by atoms with Gasteiger partial charge in [0, 0.05) is 24.7 Å². The Morgan fingerprint density at radius 1 is 1.00 bits per heavy atom. The second kappa shape index (κ2) is 7.80. The van der Waals surface area contributed by atoms with Crippen molar-refractivity contribution in [2.75, 3.05) is 0 Å². The Hall–Kier alpha value is -1.65. The summed E-state index contributed by atoms with van der Waals surface area (Å²) in [7, 11) is 0. The molecule has 3 fully saturated rings. The molecule has 166 valence electrons. The van der Waals surface area contributed by atoms with Gasteiger partial charge in [0.25, 0.3) is 0 Å². The van der Waals surface area contributed by atoms with E-state index in [9.17, 15) is 14.4 Å². The number of rotatable bonds is 4. The maximum Gasteiger partial charge on any atom is 0.306 e. The van der Waals surface area contributed by atoms with Gasteiger partial charge < -0.3 is 9.47 Å². The number of hydrogen-bond donors (Lipinski definition) is 0. The van der Waals surface area contributed by atoms with Crippen molar-refractivity contribution >= 4 is 17.7 Å². The van der Waals surface area contributed by atoms with E-state index < -0.39 is 6.10 Å². The van der Waals surface area contributed by atoms with Crippen LogP contribution in [0.5, 0.6) is 0 Å². The van der Waals surface area contributed by atoms with Crippen LogP contribution in [0.25, 0.3) is 0 Å². The van der Waals surface area contributed by atoms with E-state index in [0.717, 1.165) is 38.5 Å². The van der Waals surface area contributed by atoms with Crippen molar-refractivity contribution in [1.82, 2.24) is 0 Å². The quantitative estimate of drug-likeness (QED) is 0.617. The molecule has 0 amide bonds. The van der Waals surface area contributed by atoms with Crippen LogP contribution >= 0.6 is 0 Å². The maximum atomic E-state index is 12.6. The van der Waals surface area contributed by atoms with Crippen molar-refractivity contribution in [3.63, 3.8) is 0 Å². The lowest BCUT2D eigenvalue weighted by Crippen LogP contribution is -2.53. The van der Waals surface area contributed by atoms with E-state index in [2.05, 4.69) is 13.8 Å². The molecule has 0 aromatic rings. The summed E-state index contributed by atoms with van der Waals surface area (Å²) < 4.78 is 11.4. The predicted octanol–water partition coefficient (Wildman–Crippen LogP) is 4.77. The van der Waals surface area contributed by atoms with E-state index in [1.54, 1.807) is 13.0 Å². The molecule has 4 aliphatic rings. The Balaban J connectivity index is 1.57. The summed E-state index contributed by atoms with van der Waals surface area (Å²) in [6.45, 7) is 8.24. The lowest BCUT2D eigenvalue weighted by Gasteiger charge is -2.58. The van der Waals surface area contributed by atoms with Gasteiger partial charge in [0.15, 0.2) is 11.9 Å². The highest BCUT2D eigenvalue weighted by Gasteiger charge is 2.60. The highest BCUT2D eigenvalue weighted by molar-refractivity contribution is 5.96. The summed E-state index contributed by atoms with van der Waals surface area (Å²) in [6.07, 6.45) is 8.79. The number of allylic oxidation sites excluding steroid dienone is 1. The maximum absolute atomic E-state index is 12.6. The zero-order valence-corrected chi connectivity index (χ0v) is 18.9. The number of hydrogen-bond acceptors (Lipinski definition) is 5. The fourth-order valence-corrected chi connectivity index (χ4v) is 7.33. The molecule has 0 bridgehead atoms. The number of carbonyl (C=O) groups excluding carboxylic acids is 3. The van der Waals surface area contributed by atoms with Gasteiger partial charge in [-0.3, -0.25) is 14.4 Å². The topological polar surface area (TPSA) is 69.7 Å². The predicted molar refractivity (Wildman–Crippen MR) is 112 cm³/mol. The lowest BCUT2D eigenvalue weighted by molar-refractivity contribution is -0.162. The summed E-state index contributed by atoms with van der Waals surface area (Å²) in [5, 5.41) is 0. The first-order valence-corrected chi connectivity index (χ1v) is 11.9. The molecule has 5 heteroatoms. The van der Waals surface area contributed by atoms with Gasteiger partial charge in [-0.2, -0.15) is 0 Å². The van der Waals surface area contributed by atoms with E-state index in [-0.39, 0.29) is 34.7 Å². The molecular formula is C25H36O5. The summed E-state index contributed by atoms with van der Waals surface area (Å²) in [5.41, 5.74) is 1.23. The van der Waals surface area contributed by atoms with Gasteiger partial charge in [-0.15, -0.1) is 0 Å². The molecular weight excluding hydrogens is 380 g/mol. The molecule has 0 saturated heterocycles. The minimum absolute atomic E-state index is 0.0341. The molecule has 0 aliphatic heterocycles. The van der Waals surface area contributed by atoms with E-state index in [1.807, 2.05) is 6.92 Å². The molecule has 0 aromatic heterocycles. The van der Waals surface area contributed by atoms with Gasteiger partial charge in [0.2, 0.25) is 0 Å². The van der Waals surface area contributed by atoms with Gasteiger partial charge in [-0.05, 0) is 67.8 Å². The average molecular weight is 417 g/mol. The first kappa shape index (κ1) is 21.6. The van der Waals surface area contributed by atoms with Crippen molar-refractivity contribution in [3.8, 4) is 0 Å². The van der Waals surface area contributed by atoms with Crippen molar-refractivity contribution in [3.05, 3.63) is 11.6 Å². The number of esters is 2. The molecule has 5 nitrogen and oxygen atoms in total. The van der Waals surface area contributed by atoms with Crippen LogP contribution in [-0.2, 0) is 23.9 Å². The molecule has 7 atom stereocenters. The second-order valence-corrected chi connectivity index (χ2v) is 10.4. The van der Waals surface area contributed by atoms with Crippen LogP contribution in [0, 0.1) is 28.6 Å². The van der Waals surface area contributed by atoms with Gasteiger partial charge >= 0.3 is 11.9 Å².